The Bertz CT molecular complexity index is 478. The van der Waals surface area contributed by atoms with E-state index in [4.69, 9.17) is 17.3 Å². The minimum atomic E-state index is 0.515. The molecular formula is C10H11ClN4. The second-order valence-electron chi connectivity index (χ2n) is 3.35. The average Bonchev–Trinajstić information content (AvgIpc) is 2.58. The summed E-state index contributed by atoms with van der Waals surface area (Å²) in [5, 5.41) is 4.76. The van der Waals surface area contributed by atoms with Crippen LogP contribution in [0.25, 0.3) is 0 Å². The number of nitrogens with two attached hydrogens (primary N) is 1. The lowest BCUT2D eigenvalue weighted by molar-refractivity contribution is 0.688. The van der Waals surface area contributed by atoms with Crippen molar-refractivity contribution in [1.29, 1.82) is 0 Å². The van der Waals surface area contributed by atoms with Gasteiger partial charge in [-0.05, 0) is 24.6 Å². The molecule has 4 nitrogen and oxygen atoms in total. The maximum absolute atomic E-state index is 5.97. The number of hydrogen-bond donors (Lipinski definition) is 1. The lowest BCUT2D eigenvalue weighted by atomic mass is 10.2. The maximum Gasteiger partial charge on any atom is 0.145 e. The number of hydrogen-bond acceptors (Lipinski definition) is 3. The van der Waals surface area contributed by atoms with Crippen LogP contribution in [0.15, 0.2) is 24.5 Å². The number of pyridine rings is 1. The highest BCUT2D eigenvalue weighted by Gasteiger charge is 2.01. The first-order valence-corrected chi connectivity index (χ1v) is 4.93. The van der Waals surface area contributed by atoms with E-state index in [0.717, 1.165) is 11.3 Å². The number of nitrogens with zero attached hydrogens (tertiary/aromatic N) is 3. The van der Waals surface area contributed by atoms with E-state index in [0.29, 0.717) is 17.4 Å². The largest absolute Gasteiger partial charge is 0.382 e. The van der Waals surface area contributed by atoms with Gasteiger partial charge in [-0.2, -0.15) is 5.10 Å². The molecule has 2 aromatic rings. The van der Waals surface area contributed by atoms with Crippen LogP contribution in [0.5, 0.6) is 0 Å². The van der Waals surface area contributed by atoms with Gasteiger partial charge in [0.1, 0.15) is 5.82 Å². The molecule has 0 saturated carbocycles. The molecule has 0 amide bonds. The summed E-state index contributed by atoms with van der Waals surface area (Å²) in [5.74, 6) is 0.515. The molecule has 2 aromatic heterocycles. The SMILES string of the molecule is Cc1ncc(Cn2ccc(N)n2)cc1Cl. The summed E-state index contributed by atoms with van der Waals surface area (Å²) in [6.45, 7) is 2.50. The van der Waals surface area contributed by atoms with Gasteiger partial charge < -0.3 is 5.73 Å². The molecule has 0 aromatic carbocycles. The molecule has 15 heavy (non-hydrogen) atoms. The molecule has 0 aliphatic rings. The number of halogens is 1. The number of aromatic nitrogens is 3. The van der Waals surface area contributed by atoms with Crippen LogP contribution in [0.3, 0.4) is 0 Å². The number of nitrogen functional groups attached to an aromatic ring is 1. The number of anilines is 1. The summed E-state index contributed by atoms with van der Waals surface area (Å²) in [4.78, 5) is 4.18. The summed E-state index contributed by atoms with van der Waals surface area (Å²) < 4.78 is 1.75. The maximum atomic E-state index is 5.97. The Morgan fingerprint density at radius 3 is 2.93 bits per heavy atom. The summed E-state index contributed by atoms with van der Waals surface area (Å²) in [6.07, 6.45) is 3.61. The monoisotopic (exact) mass is 222 g/mol. The van der Waals surface area contributed by atoms with Crippen LogP contribution in [0, 0.1) is 6.92 Å². The zero-order valence-electron chi connectivity index (χ0n) is 8.31. The van der Waals surface area contributed by atoms with Crippen LogP contribution < -0.4 is 5.73 Å². The van der Waals surface area contributed by atoms with Crippen LogP contribution in [-0.2, 0) is 6.54 Å². The quantitative estimate of drug-likeness (QED) is 0.844. The van der Waals surface area contributed by atoms with Gasteiger partial charge in [0.05, 0.1) is 17.3 Å². The first-order chi connectivity index (χ1) is 7.15. The standard InChI is InChI=1S/C10H11ClN4/c1-7-9(11)4-8(5-13-7)6-15-3-2-10(12)14-15/h2-5H,6H2,1H3,(H2,12,14). The first kappa shape index (κ1) is 9.98. The zero-order valence-corrected chi connectivity index (χ0v) is 9.07. The lowest BCUT2D eigenvalue weighted by Gasteiger charge is -2.03. The fourth-order valence-electron chi connectivity index (χ4n) is 1.28. The molecule has 0 fully saturated rings. The van der Waals surface area contributed by atoms with Gasteiger partial charge in [-0.3, -0.25) is 9.67 Å². The van der Waals surface area contributed by atoms with Gasteiger partial charge in [-0.25, -0.2) is 0 Å². The van der Waals surface area contributed by atoms with Crippen molar-refractivity contribution in [1.82, 2.24) is 14.8 Å². The third-order valence-corrected chi connectivity index (χ3v) is 2.47. The predicted molar refractivity (Wildman–Crippen MR) is 59.7 cm³/mol. The van der Waals surface area contributed by atoms with E-state index in [1.807, 2.05) is 19.2 Å². The smallest absolute Gasteiger partial charge is 0.145 e. The molecule has 0 aliphatic heterocycles. The van der Waals surface area contributed by atoms with Crippen molar-refractivity contribution < 1.29 is 0 Å². The molecule has 78 valence electrons. The lowest BCUT2D eigenvalue weighted by Crippen LogP contribution is -2.02. The fraction of sp³-hybridized carbons (Fsp3) is 0.200. The summed E-state index contributed by atoms with van der Waals surface area (Å²) in [7, 11) is 0. The highest BCUT2D eigenvalue weighted by molar-refractivity contribution is 6.31. The Hall–Kier alpha value is -1.55. The van der Waals surface area contributed by atoms with Crippen LogP contribution in [-0.4, -0.2) is 14.8 Å². The first-order valence-electron chi connectivity index (χ1n) is 4.55. The minimum absolute atomic E-state index is 0.515. The third kappa shape index (κ3) is 2.27. The van der Waals surface area contributed by atoms with E-state index in [9.17, 15) is 0 Å². The normalized spacial score (nSPS) is 10.5. The van der Waals surface area contributed by atoms with Crippen LogP contribution in [0.1, 0.15) is 11.3 Å². The third-order valence-electron chi connectivity index (χ3n) is 2.09. The van der Waals surface area contributed by atoms with E-state index in [1.54, 1.807) is 16.9 Å². The highest BCUT2D eigenvalue weighted by atomic mass is 35.5. The molecule has 2 N–H and O–H groups in total. The molecule has 0 aliphatic carbocycles. The number of aryl methyl sites for hydroxylation is 1. The molecule has 5 heteroatoms. The van der Waals surface area contributed by atoms with E-state index in [1.165, 1.54) is 0 Å². The topological polar surface area (TPSA) is 56.7 Å². The van der Waals surface area contributed by atoms with Gasteiger partial charge >= 0.3 is 0 Å². The zero-order chi connectivity index (χ0) is 10.8. The molecule has 0 atom stereocenters. The average molecular weight is 223 g/mol. The molecule has 0 spiro atoms. The molecule has 2 heterocycles. The van der Waals surface area contributed by atoms with E-state index in [-0.39, 0.29) is 0 Å². The van der Waals surface area contributed by atoms with Crippen molar-refractivity contribution in [3.8, 4) is 0 Å². The molecule has 0 bridgehead atoms. The Morgan fingerprint density at radius 2 is 2.33 bits per heavy atom. The minimum Gasteiger partial charge on any atom is -0.382 e. The Kier molecular flexibility index (Phi) is 2.60. The molecule has 2 rings (SSSR count). The molecule has 0 radical (unpaired) electrons. The predicted octanol–water partition coefficient (Wildman–Crippen LogP) is 1.87. The summed E-state index contributed by atoms with van der Waals surface area (Å²) in [5.41, 5.74) is 7.35. The highest BCUT2D eigenvalue weighted by Crippen LogP contribution is 2.14. The van der Waals surface area contributed by atoms with E-state index < -0.39 is 0 Å². The van der Waals surface area contributed by atoms with Gasteiger partial charge in [-0.1, -0.05) is 11.6 Å². The van der Waals surface area contributed by atoms with Gasteiger partial charge in [0.2, 0.25) is 0 Å². The van der Waals surface area contributed by atoms with Crippen molar-refractivity contribution >= 4 is 17.4 Å². The summed E-state index contributed by atoms with van der Waals surface area (Å²) >= 11 is 5.97. The molecule has 0 saturated heterocycles. The second kappa shape index (κ2) is 3.90. The van der Waals surface area contributed by atoms with Gasteiger partial charge in [0.25, 0.3) is 0 Å². The van der Waals surface area contributed by atoms with Crippen molar-refractivity contribution in [3.63, 3.8) is 0 Å². The van der Waals surface area contributed by atoms with E-state index in [2.05, 4.69) is 10.1 Å². The van der Waals surface area contributed by atoms with Crippen LogP contribution in [0.4, 0.5) is 5.82 Å². The van der Waals surface area contributed by atoms with Crippen molar-refractivity contribution in [2.45, 2.75) is 13.5 Å². The van der Waals surface area contributed by atoms with Gasteiger partial charge in [-0.15, -0.1) is 0 Å². The fourth-order valence-corrected chi connectivity index (χ4v) is 1.47. The van der Waals surface area contributed by atoms with Gasteiger partial charge in [0, 0.05) is 12.4 Å². The van der Waals surface area contributed by atoms with Crippen LogP contribution >= 0.6 is 11.6 Å². The Morgan fingerprint density at radius 1 is 1.53 bits per heavy atom. The van der Waals surface area contributed by atoms with Crippen LogP contribution in [0.2, 0.25) is 5.02 Å². The van der Waals surface area contributed by atoms with Crippen molar-refractivity contribution in [2.75, 3.05) is 5.73 Å². The Labute approximate surface area is 92.7 Å². The Balaban J connectivity index is 2.21. The summed E-state index contributed by atoms with van der Waals surface area (Å²) in [6, 6.07) is 3.64. The second-order valence-corrected chi connectivity index (χ2v) is 3.76. The van der Waals surface area contributed by atoms with Crippen molar-refractivity contribution in [2.24, 2.45) is 0 Å². The van der Waals surface area contributed by atoms with Crippen molar-refractivity contribution in [3.05, 3.63) is 40.8 Å². The number of rotatable bonds is 2. The van der Waals surface area contributed by atoms with Gasteiger partial charge in [0.15, 0.2) is 0 Å². The van der Waals surface area contributed by atoms with E-state index >= 15 is 0 Å². The molecular weight excluding hydrogens is 212 g/mol. The molecule has 0 unspecified atom stereocenters.